The lowest BCUT2D eigenvalue weighted by molar-refractivity contribution is 0.0361. The molecule has 21 heavy (non-hydrogen) atoms. The van der Waals surface area contributed by atoms with Gasteiger partial charge in [-0.15, -0.1) is 0 Å². The highest BCUT2D eigenvalue weighted by molar-refractivity contribution is 5.68. The summed E-state index contributed by atoms with van der Waals surface area (Å²) < 4.78 is 5.28. The number of carbonyl (C=O) groups excluding carboxylic acids is 1. The predicted molar refractivity (Wildman–Crippen MR) is 87.2 cm³/mol. The van der Waals surface area contributed by atoms with Crippen molar-refractivity contribution in [2.24, 2.45) is 11.8 Å². The summed E-state index contributed by atoms with van der Waals surface area (Å²) in [5.74, 6) is 0.478. The van der Waals surface area contributed by atoms with Gasteiger partial charge in [-0.1, -0.05) is 46.3 Å². The molecule has 0 radical (unpaired) electrons. The molecule has 0 bridgehead atoms. The van der Waals surface area contributed by atoms with E-state index in [1.54, 1.807) is 0 Å². The first-order chi connectivity index (χ1) is 9.47. The van der Waals surface area contributed by atoms with Crippen LogP contribution in [0.25, 0.3) is 0 Å². The SMILES string of the molecule is C=C(C[C@H](O)[C@@H](NC(=O)OC(C)(C)C)C(C)CC)C(C)C. The Morgan fingerprint density at radius 2 is 1.81 bits per heavy atom. The second-order valence-corrected chi connectivity index (χ2v) is 7.14. The largest absolute Gasteiger partial charge is 0.444 e. The molecule has 124 valence electrons. The van der Waals surface area contributed by atoms with Crippen molar-refractivity contribution in [3.8, 4) is 0 Å². The van der Waals surface area contributed by atoms with Crippen LogP contribution in [0.5, 0.6) is 0 Å². The zero-order chi connectivity index (χ0) is 16.8. The molecular formula is C17H33NO3. The topological polar surface area (TPSA) is 58.6 Å². The van der Waals surface area contributed by atoms with Gasteiger partial charge in [0.1, 0.15) is 5.60 Å². The molecule has 0 rings (SSSR count). The molecular weight excluding hydrogens is 266 g/mol. The first-order valence-corrected chi connectivity index (χ1v) is 7.83. The number of hydrogen-bond acceptors (Lipinski definition) is 3. The van der Waals surface area contributed by atoms with Gasteiger partial charge >= 0.3 is 6.09 Å². The second kappa shape index (κ2) is 8.42. The molecule has 1 unspecified atom stereocenters. The summed E-state index contributed by atoms with van der Waals surface area (Å²) in [6, 6.07) is -0.333. The van der Waals surface area contributed by atoms with Crippen LogP contribution in [0, 0.1) is 11.8 Å². The van der Waals surface area contributed by atoms with Crippen LogP contribution in [0.15, 0.2) is 12.2 Å². The molecule has 0 aliphatic rings. The molecule has 1 amide bonds. The normalized spacial score (nSPS) is 16.2. The average molecular weight is 299 g/mol. The number of alkyl carbamates (subject to hydrolysis) is 1. The Morgan fingerprint density at radius 3 is 2.19 bits per heavy atom. The lowest BCUT2D eigenvalue weighted by Gasteiger charge is -2.31. The van der Waals surface area contributed by atoms with E-state index < -0.39 is 17.8 Å². The third-order valence-electron chi connectivity index (χ3n) is 3.64. The van der Waals surface area contributed by atoms with Crippen molar-refractivity contribution in [1.82, 2.24) is 5.32 Å². The van der Waals surface area contributed by atoms with E-state index in [2.05, 4.69) is 25.7 Å². The molecule has 4 nitrogen and oxygen atoms in total. The lowest BCUT2D eigenvalue weighted by Crippen LogP contribution is -2.49. The van der Waals surface area contributed by atoms with Gasteiger partial charge in [-0.3, -0.25) is 0 Å². The van der Waals surface area contributed by atoms with E-state index in [0.717, 1.165) is 12.0 Å². The van der Waals surface area contributed by atoms with Crippen LogP contribution in [-0.2, 0) is 4.74 Å². The number of nitrogens with one attached hydrogen (secondary N) is 1. The average Bonchev–Trinajstić information content (AvgIpc) is 2.32. The summed E-state index contributed by atoms with van der Waals surface area (Å²) in [5, 5.41) is 13.3. The van der Waals surface area contributed by atoms with Crippen molar-refractivity contribution in [2.45, 2.75) is 79.1 Å². The van der Waals surface area contributed by atoms with Gasteiger partial charge in [0, 0.05) is 0 Å². The van der Waals surface area contributed by atoms with Crippen LogP contribution >= 0.6 is 0 Å². The van der Waals surface area contributed by atoms with Gasteiger partial charge < -0.3 is 15.2 Å². The third-order valence-corrected chi connectivity index (χ3v) is 3.64. The van der Waals surface area contributed by atoms with Crippen LogP contribution in [0.4, 0.5) is 4.79 Å². The van der Waals surface area contributed by atoms with Crippen LogP contribution in [0.2, 0.25) is 0 Å². The fourth-order valence-electron chi connectivity index (χ4n) is 1.95. The number of aliphatic hydroxyl groups excluding tert-OH is 1. The minimum absolute atomic E-state index is 0.160. The zero-order valence-corrected chi connectivity index (χ0v) is 14.7. The van der Waals surface area contributed by atoms with E-state index >= 15 is 0 Å². The Bertz CT molecular complexity index is 344. The minimum atomic E-state index is -0.651. The highest BCUT2D eigenvalue weighted by atomic mass is 16.6. The number of hydrogen-bond donors (Lipinski definition) is 2. The van der Waals surface area contributed by atoms with E-state index in [1.807, 2.05) is 34.6 Å². The number of carbonyl (C=O) groups is 1. The molecule has 0 saturated carbocycles. The number of rotatable bonds is 7. The molecule has 0 aromatic carbocycles. The molecule has 3 atom stereocenters. The number of aliphatic hydroxyl groups is 1. The molecule has 0 spiro atoms. The first-order valence-electron chi connectivity index (χ1n) is 7.83. The Balaban J connectivity index is 4.80. The highest BCUT2D eigenvalue weighted by Crippen LogP contribution is 2.20. The first kappa shape index (κ1) is 20.0. The maximum absolute atomic E-state index is 11.9. The molecule has 0 fully saturated rings. The van der Waals surface area contributed by atoms with E-state index in [-0.39, 0.29) is 12.0 Å². The van der Waals surface area contributed by atoms with Gasteiger partial charge in [0.05, 0.1) is 12.1 Å². The van der Waals surface area contributed by atoms with Gasteiger partial charge in [-0.05, 0) is 39.0 Å². The maximum atomic E-state index is 11.9. The molecule has 0 heterocycles. The van der Waals surface area contributed by atoms with Crippen LogP contribution in [0.1, 0.15) is 61.3 Å². The second-order valence-electron chi connectivity index (χ2n) is 7.14. The number of ether oxygens (including phenoxy) is 1. The molecule has 4 heteroatoms. The molecule has 0 saturated heterocycles. The molecule has 0 aliphatic carbocycles. The molecule has 0 aromatic rings. The summed E-state index contributed by atoms with van der Waals surface area (Å²) >= 11 is 0. The van der Waals surface area contributed by atoms with Gasteiger partial charge in [0.15, 0.2) is 0 Å². The van der Waals surface area contributed by atoms with Crippen molar-refractivity contribution in [3.63, 3.8) is 0 Å². The molecule has 0 aromatic heterocycles. The summed E-state index contributed by atoms with van der Waals surface area (Å²) in [4.78, 5) is 11.9. The smallest absolute Gasteiger partial charge is 0.407 e. The summed E-state index contributed by atoms with van der Waals surface area (Å²) in [5.41, 5.74) is 0.443. The summed E-state index contributed by atoms with van der Waals surface area (Å²) in [6.45, 7) is 17.6. The predicted octanol–water partition coefficient (Wildman–Crippen LogP) is 3.89. The Hall–Kier alpha value is -1.03. The van der Waals surface area contributed by atoms with Crippen molar-refractivity contribution in [3.05, 3.63) is 12.2 Å². The third kappa shape index (κ3) is 8.10. The summed E-state index contributed by atoms with van der Waals surface area (Å²) in [7, 11) is 0. The van der Waals surface area contributed by atoms with Gasteiger partial charge in [0.25, 0.3) is 0 Å². The molecule has 2 N–H and O–H groups in total. The van der Waals surface area contributed by atoms with Crippen LogP contribution in [0.3, 0.4) is 0 Å². The highest BCUT2D eigenvalue weighted by Gasteiger charge is 2.28. The van der Waals surface area contributed by atoms with Gasteiger partial charge in [0.2, 0.25) is 0 Å². The van der Waals surface area contributed by atoms with E-state index in [1.165, 1.54) is 0 Å². The standard InChI is InChI=1S/C17H33NO3/c1-9-12(4)15(14(19)10-13(5)11(2)3)18-16(20)21-17(6,7)8/h11-12,14-15,19H,5,9-10H2,1-4,6-8H3,(H,18,20)/t12?,14-,15-/m0/s1. The summed E-state index contributed by atoms with van der Waals surface area (Å²) in [6.07, 6.45) is 0.220. The van der Waals surface area contributed by atoms with E-state index in [4.69, 9.17) is 4.74 Å². The fourth-order valence-corrected chi connectivity index (χ4v) is 1.95. The lowest BCUT2D eigenvalue weighted by atomic mass is 9.88. The van der Waals surface area contributed by atoms with Crippen molar-refractivity contribution in [1.29, 1.82) is 0 Å². The van der Waals surface area contributed by atoms with Crippen LogP contribution in [-0.4, -0.2) is 28.9 Å². The van der Waals surface area contributed by atoms with E-state index in [9.17, 15) is 9.90 Å². The monoisotopic (exact) mass is 299 g/mol. The number of amides is 1. The van der Waals surface area contributed by atoms with E-state index in [0.29, 0.717) is 12.3 Å². The fraction of sp³-hybridized carbons (Fsp3) is 0.824. The maximum Gasteiger partial charge on any atom is 0.407 e. The van der Waals surface area contributed by atoms with Crippen LogP contribution < -0.4 is 5.32 Å². The van der Waals surface area contributed by atoms with Gasteiger partial charge in [-0.25, -0.2) is 4.79 Å². The Labute approximate surface area is 130 Å². The molecule has 0 aliphatic heterocycles. The Kier molecular flexibility index (Phi) is 8.01. The minimum Gasteiger partial charge on any atom is -0.444 e. The quantitative estimate of drug-likeness (QED) is 0.701. The van der Waals surface area contributed by atoms with Crippen molar-refractivity contribution in [2.75, 3.05) is 0 Å². The van der Waals surface area contributed by atoms with Crippen molar-refractivity contribution < 1.29 is 14.6 Å². The van der Waals surface area contributed by atoms with Gasteiger partial charge in [-0.2, -0.15) is 0 Å². The zero-order valence-electron chi connectivity index (χ0n) is 14.7. The van der Waals surface area contributed by atoms with Crippen molar-refractivity contribution >= 4 is 6.09 Å². The Morgan fingerprint density at radius 1 is 1.29 bits per heavy atom.